The van der Waals surface area contributed by atoms with Crippen molar-refractivity contribution in [2.24, 2.45) is 0 Å². The van der Waals surface area contributed by atoms with Gasteiger partial charge in [-0.25, -0.2) is 4.79 Å². The maximum absolute atomic E-state index is 11.1. The summed E-state index contributed by atoms with van der Waals surface area (Å²) in [6, 6.07) is 5.18. The van der Waals surface area contributed by atoms with E-state index in [9.17, 15) is 4.79 Å². The minimum Gasteiger partial charge on any atom is -0.478 e. The first kappa shape index (κ1) is 11.2. The first-order valence-electron chi connectivity index (χ1n) is 5.04. The lowest BCUT2D eigenvalue weighted by Crippen LogP contribution is -2.20. The van der Waals surface area contributed by atoms with Crippen LogP contribution in [-0.2, 0) is 4.74 Å². The number of carbonyl (C=O) groups is 1. The molecule has 1 aliphatic rings. The van der Waals surface area contributed by atoms with E-state index in [4.69, 9.17) is 21.4 Å². The van der Waals surface area contributed by atoms with Crippen molar-refractivity contribution < 1.29 is 14.6 Å². The van der Waals surface area contributed by atoms with Crippen LogP contribution < -0.4 is 5.32 Å². The lowest BCUT2D eigenvalue weighted by molar-refractivity contribution is 0.0698. The van der Waals surface area contributed by atoms with E-state index in [1.807, 2.05) is 0 Å². The Kier molecular flexibility index (Phi) is 3.31. The van der Waals surface area contributed by atoms with Crippen LogP contribution in [0.1, 0.15) is 16.8 Å². The maximum atomic E-state index is 11.1. The fraction of sp³-hybridized carbons (Fsp3) is 0.364. The molecule has 1 aromatic rings. The minimum absolute atomic E-state index is 0.121. The highest BCUT2D eigenvalue weighted by Crippen LogP contribution is 2.25. The Balaban J connectivity index is 2.25. The fourth-order valence-corrected chi connectivity index (χ4v) is 1.99. The van der Waals surface area contributed by atoms with Crippen LogP contribution in [0.15, 0.2) is 18.2 Å². The summed E-state index contributed by atoms with van der Waals surface area (Å²) in [6.07, 6.45) is 0.881. The first-order chi connectivity index (χ1) is 7.68. The predicted octanol–water partition coefficient (Wildman–Crippen LogP) is 2.24. The molecule has 16 heavy (non-hydrogen) atoms. The Morgan fingerprint density at radius 2 is 2.38 bits per heavy atom. The van der Waals surface area contributed by atoms with Gasteiger partial charge in [-0.2, -0.15) is 0 Å². The van der Waals surface area contributed by atoms with Gasteiger partial charge in [-0.1, -0.05) is 17.7 Å². The Labute approximate surface area is 98.2 Å². The van der Waals surface area contributed by atoms with Crippen LogP contribution in [0.2, 0.25) is 5.02 Å². The molecule has 5 heteroatoms. The molecule has 1 heterocycles. The summed E-state index contributed by atoms with van der Waals surface area (Å²) in [5.41, 5.74) is 0.673. The van der Waals surface area contributed by atoms with Crippen molar-refractivity contribution in [3.05, 3.63) is 28.8 Å². The van der Waals surface area contributed by atoms with Crippen molar-refractivity contribution in [1.29, 1.82) is 0 Å². The Bertz CT molecular complexity index is 402. The van der Waals surface area contributed by atoms with Gasteiger partial charge in [0.2, 0.25) is 0 Å². The number of benzene rings is 1. The summed E-state index contributed by atoms with van der Waals surface area (Å²) < 4.78 is 5.22. The van der Waals surface area contributed by atoms with E-state index in [1.54, 1.807) is 18.2 Å². The van der Waals surface area contributed by atoms with Crippen LogP contribution in [0.3, 0.4) is 0 Å². The van der Waals surface area contributed by atoms with Gasteiger partial charge >= 0.3 is 5.97 Å². The molecular weight excluding hydrogens is 230 g/mol. The number of hydrogen-bond acceptors (Lipinski definition) is 3. The topological polar surface area (TPSA) is 58.6 Å². The predicted molar refractivity (Wildman–Crippen MR) is 61.3 cm³/mol. The second-order valence-corrected chi connectivity index (χ2v) is 4.08. The maximum Gasteiger partial charge on any atom is 0.339 e. The third-order valence-corrected chi connectivity index (χ3v) is 2.83. The summed E-state index contributed by atoms with van der Waals surface area (Å²) in [7, 11) is 0. The summed E-state index contributed by atoms with van der Waals surface area (Å²) in [5.74, 6) is -1.02. The average molecular weight is 242 g/mol. The van der Waals surface area contributed by atoms with Gasteiger partial charge in [0.1, 0.15) is 5.56 Å². The van der Waals surface area contributed by atoms with Gasteiger partial charge in [-0.3, -0.25) is 0 Å². The minimum atomic E-state index is -1.02. The van der Waals surface area contributed by atoms with E-state index < -0.39 is 5.97 Å². The number of carboxylic acids is 1. The van der Waals surface area contributed by atoms with E-state index in [2.05, 4.69) is 5.32 Å². The second kappa shape index (κ2) is 4.72. The molecule has 2 N–H and O–H groups in total. The van der Waals surface area contributed by atoms with E-state index in [0.29, 0.717) is 18.9 Å². The number of rotatable bonds is 3. The van der Waals surface area contributed by atoms with Gasteiger partial charge in [0.25, 0.3) is 0 Å². The number of hydrogen-bond donors (Lipinski definition) is 2. The summed E-state index contributed by atoms with van der Waals surface area (Å²) in [5, 5.41) is 12.5. The Morgan fingerprint density at radius 1 is 1.56 bits per heavy atom. The number of carboxylic acid groups (broad SMARTS) is 1. The van der Waals surface area contributed by atoms with E-state index >= 15 is 0 Å². The third kappa shape index (κ3) is 2.28. The van der Waals surface area contributed by atoms with Crippen LogP contribution >= 0.6 is 11.6 Å². The first-order valence-corrected chi connectivity index (χ1v) is 5.42. The summed E-state index contributed by atoms with van der Waals surface area (Å²) in [6.45, 7) is 1.31. The smallest absolute Gasteiger partial charge is 0.339 e. The normalized spacial score (nSPS) is 19.7. The van der Waals surface area contributed by atoms with Crippen LogP contribution in [0.5, 0.6) is 0 Å². The molecule has 1 saturated heterocycles. The molecule has 1 aliphatic heterocycles. The standard InChI is InChI=1S/C11H12ClNO3/c12-8-2-1-3-9(10(8)11(14)15)13-7-4-5-16-6-7/h1-3,7,13H,4-6H2,(H,14,15). The van der Waals surface area contributed by atoms with Gasteiger partial charge in [0.15, 0.2) is 0 Å². The number of halogens is 1. The van der Waals surface area contributed by atoms with Crippen molar-refractivity contribution in [1.82, 2.24) is 0 Å². The highest BCUT2D eigenvalue weighted by molar-refractivity contribution is 6.34. The highest BCUT2D eigenvalue weighted by atomic mass is 35.5. The van der Waals surface area contributed by atoms with Crippen LogP contribution in [0, 0.1) is 0 Å². The molecule has 86 valence electrons. The van der Waals surface area contributed by atoms with Crippen molar-refractivity contribution >= 4 is 23.3 Å². The van der Waals surface area contributed by atoms with Crippen LogP contribution in [-0.4, -0.2) is 30.3 Å². The van der Waals surface area contributed by atoms with Crippen molar-refractivity contribution in [2.45, 2.75) is 12.5 Å². The van der Waals surface area contributed by atoms with Gasteiger partial charge in [-0.15, -0.1) is 0 Å². The van der Waals surface area contributed by atoms with Crippen LogP contribution in [0.25, 0.3) is 0 Å². The second-order valence-electron chi connectivity index (χ2n) is 3.67. The number of nitrogens with one attached hydrogen (secondary N) is 1. The van der Waals surface area contributed by atoms with Crippen molar-refractivity contribution in [2.75, 3.05) is 18.5 Å². The molecule has 0 aromatic heterocycles. The average Bonchev–Trinajstić information content (AvgIpc) is 2.70. The van der Waals surface area contributed by atoms with E-state index in [-0.39, 0.29) is 16.6 Å². The molecule has 0 radical (unpaired) electrons. The number of ether oxygens (including phenoxy) is 1. The molecule has 1 fully saturated rings. The Hall–Kier alpha value is -1.26. The van der Waals surface area contributed by atoms with E-state index in [1.165, 1.54) is 0 Å². The number of aromatic carboxylic acids is 1. The van der Waals surface area contributed by atoms with E-state index in [0.717, 1.165) is 6.42 Å². The molecule has 1 aromatic carbocycles. The highest BCUT2D eigenvalue weighted by Gasteiger charge is 2.19. The van der Waals surface area contributed by atoms with Gasteiger partial charge in [0, 0.05) is 6.61 Å². The molecule has 1 atom stereocenters. The Morgan fingerprint density at radius 3 is 3.00 bits per heavy atom. The molecule has 4 nitrogen and oxygen atoms in total. The van der Waals surface area contributed by atoms with Gasteiger partial charge < -0.3 is 15.2 Å². The zero-order valence-electron chi connectivity index (χ0n) is 8.57. The SMILES string of the molecule is O=C(O)c1c(Cl)cccc1NC1CCOC1. The molecule has 0 amide bonds. The fourth-order valence-electron chi connectivity index (χ4n) is 1.73. The number of anilines is 1. The third-order valence-electron chi connectivity index (χ3n) is 2.52. The van der Waals surface area contributed by atoms with Crippen LogP contribution in [0.4, 0.5) is 5.69 Å². The van der Waals surface area contributed by atoms with Gasteiger partial charge in [-0.05, 0) is 18.6 Å². The quantitative estimate of drug-likeness (QED) is 0.852. The molecule has 0 spiro atoms. The monoisotopic (exact) mass is 241 g/mol. The van der Waals surface area contributed by atoms with Gasteiger partial charge in [0.05, 0.1) is 23.4 Å². The van der Waals surface area contributed by atoms with Crippen molar-refractivity contribution in [3.8, 4) is 0 Å². The molecule has 1 unspecified atom stereocenters. The molecule has 0 bridgehead atoms. The van der Waals surface area contributed by atoms with Crippen molar-refractivity contribution in [3.63, 3.8) is 0 Å². The summed E-state index contributed by atoms with van der Waals surface area (Å²) >= 11 is 5.86. The largest absolute Gasteiger partial charge is 0.478 e. The zero-order valence-corrected chi connectivity index (χ0v) is 9.33. The molecule has 2 rings (SSSR count). The summed E-state index contributed by atoms with van der Waals surface area (Å²) in [4.78, 5) is 11.1. The molecule has 0 saturated carbocycles. The lowest BCUT2D eigenvalue weighted by atomic mass is 10.1. The molecule has 0 aliphatic carbocycles. The zero-order chi connectivity index (χ0) is 11.5. The molecular formula is C11H12ClNO3. The lowest BCUT2D eigenvalue weighted by Gasteiger charge is -2.15.